The van der Waals surface area contributed by atoms with Crippen molar-refractivity contribution in [3.8, 4) is 0 Å². The monoisotopic (exact) mass is 766 g/mol. The molecule has 0 spiro atoms. The van der Waals surface area contributed by atoms with Crippen molar-refractivity contribution in [1.29, 1.82) is 0 Å². The highest BCUT2D eigenvalue weighted by Crippen LogP contribution is 2.64. The third kappa shape index (κ3) is 11.9. The van der Waals surface area contributed by atoms with Gasteiger partial charge in [-0.05, 0) is 69.7 Å². The van der Waals surface area contributed by atoms with Crippen molar-refractivity contribution in [3.63, 3.8) is 0 Å². The summed E-state index contributed by atoms with van der Waals surface area (Å²) >= 11 is 0. The standard InChI is InChI=1S/C36H55N4O12P/c1-17-29(41)47-23(7)35(24(8)48-30(42)18-2)40(53(38(13)14,39(15)16)37-28(12)52-34(46)22-6)36(25(9)49-31(43)19-3,26(10)50-32(44)20-4)27(11)51-33(45)21-5/h17-28,35H,1-6H2,7-16H3. The molecule has 0 N–H and O–H groups in total. The first-order valence-corrected chi connectivity index (χ1v) is 18.0. The molecular formula is C36H55N4O12P. The van der Waals surface area contributed by atoms with E-state index in [2.05, 4.69) is 39.5 Å². The Bertz CT molecular complexity index is 1370. The third-order valence-corrected chi connectivity index (χ3v) is 12.0. The Labute approximate surface area is 312 Å². The van der Waals surface area contributed by atoms with E-state index in [0.29, 0.717) is 0 Å². The van der Waals surface area contributed by atoms with Gasteiger partial charge < -0.3 is 28.4 Å². The number of hydrogen-bond acceptors (Lipinski definition) is 13. The lowest BCUT2D eigenvalue weighted by atomic mass is 9.80. The van der Waals surface area contributed by atoms with Crippen LogP contribution in [0.25, 0.3) is 0 Å². The maximum Gasteiger partial charge on any atom is 0.332 e. The van der Waals surface area contributed by atoms with E-state index in [0.717, 1.165) is 36.5 Å². The molecule has 0 heterocycles. The average Bonchev–Trinajstić information content (AvgIpc) is 3.09. The fourth-order valence-electron chi connectivity index (χ4n) is 6.01. The minimum Gasteiger partial charge on any atom is -0.458 e. The van der Waals surface area contributed by atoms with Crippen LogP contribution >= 0.6 is 7.51 Å². The maximum absolute atomic E-state index is 13.1. The van der Waals surface area contributed by atoms with E-state index in [1.165, 1.54) is 41.5 Å². The van der Waals surface area contributed by atoms with Crippen LogP contribution in [-0.4, -0.2) is 126 Å². The van der Waals surface area contributed by atoms with Crippen molar-refractivity contribution in [2.24, 2.45) is 4.74 Å². The van der Waals surface area contributed by atoms with Crippen LogP contribution < -0.4 is 0 Å². The van der Waals surface area contributed by atoms with E-state index >= 15 is 0 Å². The Hall–Kier alpha value is -4.63. The Morgan fingerprint density at radius 2 is 0.774 bits per heavy atom. The molecule has 0 aliphatic rings. The summed E-state index contributed by atoms with van der Waals surface area (Å²) < 4.78 is 45.0. The summed E-state index contributed by atoms with van der Waals surface area (Å²) in [7, 11) is 2.69. The molecule has 0 bridgehead atoms. The highest BCUT2D eigenvalue weighted by molar-refractivity contribution is 7.59. The predicted molar refractivity (Wildman–Crippen MR) is 200 cm³/mol. The summed E-state index contributed by atoms with van der Waals surface area (Å²) in [6, 6.07) is -1.37. The van der Waals surface area contributed by atoms with Gasteiger partial charge >= 0.3 is 35.8 Å². The van der Waals surface area contributed by atoms with Crippen LogP contribution in [0.5, 0.6) is 0 Å². The molecule has 0 aliphatic carbocycles. The lowest BCUT2D eigenvalue weighted by Gasteiger charge is -2.61. The molecule has 0 radical (unpaired) electrons. The van der Waals surface area contributed by atoms with Gasteiger partial charge in [-0.25, -0.2) is 38.2 Å². The topological polar surface area (TPSA) is 180 Å². The zero-order valence-corrected chi connectivity index (χ0v) is 33.3. The summed E-state index contributed by atoms with van der Waals surface area (Å²) in [6.07, 6.45) is -2.70. The molecule has 0 saturated carbocycles. The lowest BCUT2D eigenvalue weighted by molar-refractivity contribution is -0.199. The molecule has 6 atom stereocenters. The molecule has 0 aromatic rings. The summed E-state index contributed by atoms with van der Waals surface area (Å²) in [6.45, 7) is 29.8. The van der Waals surface area contributed by atoms with Crippen LogP contribution in [0.3, 0.4) is 0 Å². The summed E-state index contributed by atoms with van der Waals surface area (Å²) in [5.74, 6) is -5.34. The molecule has 296 valence electrons. The van der Waals surface area contributed by atoms with E-state index in [4.69, 9.17) is 33.2 Å². The molecule has 0 aromatic carbocycles. The van der Waals surface area contributed by atoms with Crippen LogP contribution in [-0.2, 0) is 57.2 Å². The molecule has 0 rings (SSSR count). The summed E-state index contributed by atoms with van der Waals surface area (Å²) in [4.78, 5) is 77.5. The van der Waals surface area contributed by atoms with Gasteiger partial charge in [0.05, 0.1) is 6.04 Å². The number of ether oxygens (including phenoxy) is 6. The molecule has 53 heavy (non-hydrogen) atoms. The van der Waals surface area contributed by atoms with Gasteiger partial charge in [-0.3, -0.25) is 9.34 Å². The zero-order chi connectivity index (χ0) is 41.4. The molecule has 0 amide bonds. The summed E-state index contributed by atoms with van der Waals surface area (Å²) in [5, 5.41) is 0. The van der Waals surface area contributed by atoms with E-state index < -0.39 is 91.7 Å². The van der Waals surface area contributed by atoms with Crippen molar-refractivity contribution in [3.05, 3.63) is 75.9 Å². The van der Waals surface area contributed by atoms with Crippen molar-refractivity contribution in [1.82, 2.24) is 14.0 Å². The first-order valence-electron chi connectivity index (χ1n) is 16.4. The van der Waals surface area contributed by atoms with E-state index in [1.807, 2.05) is 0 Å². The predicted octanol–water partition coefficient (Wildman–Crippen LogP) is 4.13. The average molecular weight is 767 g/mol. The number of rotatable bonds is 23. The normalized spacial score (nSPS) is 16.4. The molecule has 17 heteroatoms. The Morgan fingerprint density at radius 3 is 1.04 bits per heavy atom. The second kappa shape index (κ2) is 21.8. The molecular weight excluding hydrogens is 711 g/mol. The molecule has 0 aliphatic heterocycles. The molecule has 0 aromatic heterocycles. The fraction of sp³-hybridized carbons (Fsp3) is 0.500. The second-order valence-corrected chi connectivity index (χ2v) is 15.2. The highest BCUT2D eigenvalue weighted by atomic mass is 31.2. The van der Waals surface area contributed by atoms with Crippen molar-refractivity contribution >= 4 is 43.3 Å². The van der Waals surface area contributed by atoms with Gasteiger partial charge in [0.25, 0.3) is 0 Å². The number of nitrogens with zero attached hydrogens (tertiary/aromatic N) is 4. The third-order valence-electron chi connectivity index (χ3n) is 8.04. The first-order chi connectivity index (χ1) is 24.6. The van der Waals surface area contributed by atoms with Crippen molar-refractivity contribution in [2.75, 3.05) is 28.2 Å². The smallest absolute Gasteiger partial charge is 0.332 e. The van der Waals surface area contributed by atoms with Gasteiger partial charge in [0.15, 0.2) is 13.7 Å². The second-order valence-electron chi connectivity index (χ2n) is 11.9. The van der Waals surface area contributed by atoms with E-state index in [1.54, 1.807) is 42.2 Å². The number of esters is 6. The summed E-state index contributed by atoms with van der Waals surface area (Å²) in [5.41, 5.74) is -2.10. The Morgan fingerprint density at radius 1 is 0.509 bits per heavy atom. The van der Waals surface area contributed by atoms with Gasteiger partial charge in [-0.1, -0.05) is 39.5 Å². The Balaban J connectivity index is 9.56. The maximum atomic E-state index is 13.1. The number of carbonyl (C=O) groups excluding carboxylic acids is 6. The van der Waals surface area contributed by atoms with Gasteiger partial charge in [0, 0.05) is 36.5 Å². The van der Waals surface area contributed by atoms with Crippen molar-refractivity contribution < 1.29 is 57.2 Å². The number of carbonyl (C=O) groups is 6. The molecule has 0 fully saturated rings. The first kappa shape index (κ1) is 48.4. The SMILES string of the molecule is C=CC(=O)OC(C)N=P(N(C)C)(N(C)C)N(C(C(C)OC(=O)C=C)C(C)OC(=O)C=C)C(C(C)OC(=O)C=C)(C(C)OC(=O)C=C)C(C)OC(=O)C=C. The highest BCUT2D eigenvalue weighted by Gasteiger charge is 2.64. The van der Waals surface area contributed by atoms with E-state index in [-0.39, 0.29) is 0 Å². The van der Waals surface area contributed by atoms with Crippen LogP contribution in [0.4, 0.5) is 0 Å². The van der Waals surface area contributed by atoms with Gasteiger partial charge in [-0.15, -0.1) is 0 Å². The quantitative estimate of drug-likeness (QED) is 0.0627. The van der Waals surface area contributed by atoms with E-state index in [9.17, 15) is 28.8 Å². The van der Waals surface area contributed by atoms with Gasteiger partial charge in [0.1, 0.15) is 36.1 Å². The lowest BCUT2D eigenvalue weighted by Crippen LogP contribution is -2.74. The molecule has 0 saturated heterocycles. The van der Waals surface area contributed by atoms with Crippen LogP contribution in [0.2, 0.25) is 0 Å². The van der Waals surface area contributed by atoms with Gasteiger partial charge in [0.2, 0.25) is 0 Å². The van der Waals surface area contributed by atoms with Crippen molar-refractivity contribution in [2.45, 2.75) is 89.9 Å². The zero-order valence-electron chi connectivity index (χ0n) is 32.4. The molecule has 6 unspecified atom stereocenters. The minimum absolute atomic E-state index is 0.817. The fourth-order valence-corrected chi connectivity index (χ4v) is 10.2. The number of hydrogen-bond donors (Lipinski definition) is 0. The van der Waals surface area contributed by atoms with Crippen LogP contribution in [0, 0.1) is 0 Å². The van der Waals surface area contributed by atoms with Crippen LogP contribution in [0.15, 0.2) is 80.7 Å². The van der Waals surface area contributed by atoms with Crippen LogP contribution in [0.1, 0.15) is 41.5 Å². The minimum atomic E-state index is -3.85. The molecule has 16 nitrogen and oxygen atoms in total. The Kier molecular flexibility index (Phi) is 19.9. The van der Waals surface area contributed by atoms with Gasteiger partial charge in [-0.2, -0.15) is 0 Å². The largest absolute Gasteiger partial charge is 0.458 e.